The predicted molar refractivity (Wildman–Crippen MR) is 48.1 cm³/mol. The largest absolute Gasteiger partial charge is 0.423 e. The third-order valence-electron chi connectivity index (χ3n) is 2.05. The number of carbonyl (C=O) groups is 1. The summed E-state index contributed by atoms with van der Waals surface area (Å²) < 4.78 is 36.4. The van der Waals surface area contributed by atoms with E-state index in [1.165, 1.54) is 0 Å². The van der Waals surface area contributed by atoms with Gasteiger partial charge in [0.2, 0.25) is 0 Å². The molecule has 0 spiro atoms. The lowest BCUT2D eigenvalue weighted by atomic mass is 10.1. The summed E-state index contributed by atoms with van der Waals surface area (Å²) >= 11 is 0. The van der Waals surface area contributed by atoms with Crippen molar-refractivity contribution in [1.29, 1.82) is 0 Å². The summed E-state index contributed by atoms with van der Waals surface area (Å²) in [7, 11) is 0. The first kappa shape index (κ1) is 9.76. The average molecular weight is 213 g/mol. The van der Waals surface area contributed by atoms with Crippen LogP contribution in [0.4, 0.5) is 18.9 Å². The zero-order chi connectivity index (χ0) is 11.1. The van der Waals surface area contributed by atoms with Crippen molar-refractivity contribution in [2.24, 2.45) is 0 Å². The molecule has 78 valence electrons. The van der Waals surface area contributed by atoms with E-state index in [0.717, 1.165) is 11.1 Å². The quantitative estimate of drug-likeness (QED) is 0.701. The number of halogens is 3. The topological polar surface area (TPSA) is 20.3 Å². The van der Waals surface area contributed by atoms with Crippen molar-refractivity contribution in [3.05, 3.63) is 42.1 Å². The van der Waals surface area contributed by atoms with E-state index in [1.807, 2.05) is 0 Å². The number of carbonyl (C=O) groups excluding carboxylic acids is 1. The lowest BCUT2D eigenvalue weighted by molar-refractivity contribution is -0.131. The normalized spacial score (nSPS) is 16.1. The van der Waals surface area contributed by atoms with E-state index in [-0.39, 0.29) is 0 Å². The molecule has 0 bridgehead atoms. The van der Waals surface area contributed by atoms with Crippen LogP contribution in [0.25, 0.3) is 0 Å². The van der Waals surface area contributed by atoms with E-state index < -0.39 is 17.7 Å². The molecule has 0 unspecified atom stereocenters. The van der Waals surface area contributed by atoms with Gasteiger partial charge in [-0.15, -0.1) is 0 Å². The first-order valence-corrected chi connectivity index (χ1v) is 4.18. The van der Waals surface area contributed by atoms with Crippen LogP contribution in [0.2, 0.25) is 0 Å². The maximum Gasteiger partial charge on any atom is 0.423 e. The summed E-state index contributed by atoms with van der Waals surface area (Å²) in [5.41, 5.74) is -0.665. The van der Waals surface area contributed by atoms with Gasteiger partial charge in [-0.3, -0.25) is 9.69 Å². The Bertz CT molecular complexity index is 422. The number of benzene rings is 1. The second-order valence-corrected chi connectivity index (χ2v) is 3.05. The lowest BCUT2D eigenvalue weighted by Crippen LogP contribution is -2.42. The molecule has 1 aliphatic heterocycles. The van der Waals surface area contributed by atoms with Crippen LogP contribution in [0, 0.1) is 0 Å². The molecule has 0 saturated carbocycles. The van der Waals surface area contributed by atoms with Crippen molar-refractivity contribution in [2.45, 2.75) is 6.18 Å². The van der Waals surface area contributed by atoms with E-state index in [4.69, 9.17) is 0 Å². The third kappa shape index (κ3) is 1.60. The smallest absolute Gasteiger partial charge is 0.283 e. The number of rotatable bonds is 1. The molecule has 1 heterocycles. The van der Waals surface area contributed by atoms with Crippen molar-refractivity contribution in [1.82, 2.24) is 0 Å². The average Bonchev–Trinajstić information content (AvgIpc) is 2.15. The molecule has 15 heavy (non-hydrogen) atoms. The van der Waals surface area contributed by atoms with Crippen molar-refractivity contribution < 1.29 is 18.0 Å². The Hall–Kier alpha value is -1.78. The van der Waals surface area contributed by atoms with E-state index in [9.17, 15) is 18.0 Å². The highest BCUT2D eigenvalue weighted by Gasteiger charge is 2.46. The van der Waals surface area contributed by atoms with Crippen molar-refractivity contribution in [2.75, 3.05) is 4.90 Å². The molecule has 1 amide bonds. The van der Waals surface area contributed by atoms with Gasteiger partial charge in [-0.05, 0) is 12.1 Å². The molecule has 1 aliphatic rings. The minimum atomic E-state index is -4.55. The maximum absolute atomic E-state index is 12.1. The molecule has 2 rings (SSSR count). The number of amides is 1. The van der Waals surface area contributed by atoms with Crippen LogP contribution >= 0.6 is 0 Å². The highest BCUT2D eigenvalue weighted by molar-refractivity contribution is 6.14. The molecule has 2 nitrogen and oxygen atoms in total. The Morgan fingerprint density at radius 2 is 1.67 bits per heavy atom. The number of para-hydroxylation sites is 1. The van der Waals surface area contributed by atoms with Crippen LogP contribution in [0.3, 0.4) is 0 Å². The second kappa shape index (κ2) is 3.12. The summed E-state index contributed by atoms with van der Waals surface area (Å²) in [6.07, 6.45) is -3.75. The Morgan fingerprint density at radius 1 is 1.07 bits per heavy atom. The summed E-state index contributed by atoms with van der Waals surface area (Å²) in [5, 5.41) is 0. The third-order valence-corrected chi connectivity index (χ3v) is 2.05. The molecule has 0 atom stereocenters. The van der Waals surface area contributed by atoms with Gasteiger partial charge in [-0.25, -0.2) is 0 Å². The van der Waals surface area contributed by atoms with Gasteiger partial charge in [-0.1, -0.05) is 18.2 Å². The van der Waals surface area contributed by atoms with E-state index in [1.54, 1.807) is 30.3 Å². The Balaban J connectivity index is 2.26. The molecule has 1 aromatic rings. The first-order chi connectivity index (χ1) is 7.00. The Kier molecular flexibility index (Phi) is 2.03. The van der Waals surface area contributed by atoms with Gasteiger partial charge in [0.05, 0.1) is 0 Å². The van der Waals surface area contributed by atoms with Gasteiger partial charge in [-0.2, -0.15) is 13.2 Å². The summed E-state index contributed by atoms with van der Waals surface area (Å²) in [6.45, 7) is 0. The molecule has 0 aliphatic carbocycles. The molecule has 1 aromatic carbocycles. The van der Waals surface area contributed by atoms with Crippen LogP contribution in [0.5, 0.6) is 0 Å². The summed E-state index contributed by atoms with van der Waals surface area (Å²) in [6, 6.07) is 8.18. The lowest BCUT2D eigenvalue weighted by Gasteiger charge is -2.29. The molecule has 0 aromatic heterocycles. The van der Waals surface area contributed by atoms with Gasteiger partial charge >= 0.3 is 6.18 Å². The van der Waals surface area contributed by atoms with Gasteiger partial charge in [0.15, 0.2) is 0 Å². The van der Waals surface area contributed by atoms with Crippen LogP contribution in [-0.2, 0) is 4.79 Å². The van der Waals surface area contributed by atoms with Crippen LogP contribution < -0.4 is 4.90 Å². The second-order valence-electron chi connectivity index (χ2n) is 3.05. The molecular formula is C10H6F3NO. The minimum absolute atomic E-state index is 0.440. The fourth-order valence-corrected chi connectivity index (χ4v) is 1.28. The Morgan fingerprint density at radius 3 is 2.13 bits per heavy atom. The molecular weight excluding hydrogens is 207 g/mol. The van der Waals surface area contributed by atoms with Crippen molar-refractivity contribution in [3.8, 4) is 0 Å². The van der Waals surface area contributed by atoms with Gasteiger partial charge in [0, 0.05) is 11.9 Å². The van der Waals surface area contributed by atoms with E-state index >= 15 is 0 Å². The maximum atomic E-state index is 12.1. The number of nitrogens with zero attached hydrogens (tertiary/aromatic N) is 1. The predicted octanol–water partition coefficient (Wildman–Crippen LogP) is 2.48. The van der Waals surface area contributed by atoms with Gasteiger partial charge in [0.25, 0.3) is 5.91 Å². The summed E-state index contributed by atoms with van der Waals surface area (Å²) in [4.78, 5) is 12.1. The molecule has 5 heteroatoms. The fraction of sp³-hybridized carbons (Fsp3) is 0.100. The van der Waals surface area contributed by atoms with Crippen molar-refractivity contribution >= 4 is 11.6 Å². The number of alkyl halides is 3. The van der Waals surface area contributed by atoms with Gasteiger partial charge in [0.1, 0.15) is 5.57 Å². The number of hydrogen-bond donors (Lipinski definition) is 0. The minimum Gasteiger partial charge on any atom is -0.283 e. The first-order valence-electron chi connectivity index (χ1n) is 4.18. The monoisotopic (exact) mass is 213 g/mol. The highest BCUT2D eigenvalue weighted by atomic mass is 19.4. The highest BCUT2D eigenvalue weighted by Crippen LogP contribution is 2.35. The van der Waals surface area contributed by atoms with Gasteiger partial charge < -0.3 is 0 Å². The number of hydrogen-bond acceptors (Lipinski definition) is 1. The standard InChI is InChI=1S/C10H6F3NO/c11-10(12,13)8-6-14(9(8)15)7-4-2-1-3-5-7/h1-6H. The van der Waals surface area contributed by atoms with Crippen molar-refractivity contribution in [3.63, 3.8) is 0 Å². The van der Waals surface area contributed by atoms with E-state index in [0.29, 0.717) is 5.69 Å². The van der Waals surface area contributed by atoms with Crippen LogP contribution in [0.15, 0.2) is 42.1 Å². The Labute approximate surface area is 83.6 Å². The van der Waals surface area contributed by atoms with Crippen LogP contribution in [0.1, 0.15) is 0 Å². The zero-order valence-electron chi connectivity index (χ0n) is 7.45. The molecule has 0 radical (unpaired) electrons. The van der Waals surface area contributed by atoms with Crippen LogP contribution in [-0.4, -0.2) is 12.1 Å². The molecule has 0 N–H and O–H groups in total. The fourth-order valence-electron chi connectivity index (χ4n) is 1.28. The summed E-state index contributed by atoms with van der Waals surface area (Å²) in [5.74, 6) is -1.01. The number of anilines is 1. The molecule has 0 fully saturated rings. The molecule has 0 saturated heterocycles. The SMILES string of the molecule is O=C1C(C(F)(F)F)=CN1c1ccccc1. The zero-order valence-corrected chi connectivity index (χ0v) is 7.45. The van der Waals surface area contributed by atoms with E-state index in [2.05, 4.69) is 0 Å².